The summed E-state index contributed by atoms with van der Waals surface area (Å²) in [6.07, 6.45) is 1.45. The van der Waals surface area contributed by atoms with Crippen molar-refractivity contribution in [3.8, 4) is 5.75 Å². The van der Waals surface area contributed by atoms with Gasteiger partial charge in [0.1, 0.15) is 5.75 Å². The first kappa shape index (κ1) is 17.9. The summed E-state index contributed by atoms with van der Waals surface area (Å²) < 4.78 is 33.2. The van der Waals surface area contributed by atoms with Gasteiger partial charge in [-0.1, -0.05) is 13.8 Å². The van der Waals surface area contributed by atoms with Crippen LogP contribution in [0.5, 0.6) is 5.75 Å². The quantitative estimate of drug-likeness (QED) is 0.772. The third kappa shape index (κ3) is 4.43. The van der Waals surface area contributed by atoms with Gasteiger partial charge in [-0.25, -0.2) is 13.1 Å². The molecule has 0 fully saturated rings. The highest BCUT2D eigenvalue weighted by molar-refractivity contribution is 7.89. The van der Waals surface area contributed by atoms with E-state index in [4.69, 9.17) is 10.5 Å². The summed E-state index contributed by atoms with van der Waals surface area (Å²) in [5.41, 5.74) is 5.92. The molecule has 0 spiro atoms. The number of hydrogen-bond acceptors (Lipinski definition) is 4. The van der Waals surface area contributed by atoms with Crippen molar-refractivity contribution in [3.05, 3.63) is 23.8 Å². The van der Waals surface area contributed by atoms with Gasteiger partial charge >= 0.3 is 0 Å². The highest BCUT2D eigenvalue weighted by Crippen LogP contribution is 2.24. The Kier molecular flexibility index (Phi) is 6.19. The lowest BCUT2D eigenvalue weighted by molar-refractivity contribution is 0.336. The molecule has 120 valence electrons. The highest BCUT2D eigenvalue weighted by atomic mass is 32.2. The standard InChI is InChI=1S/C15H26N2O3S/c1-5-15(4,6-2)17-21(18,19)13-8-9-14(20-7-3)12(10-13)11-16/h8-10,17H,5-7,11,16H2,1-4H3. The first-order valence-electron chi connectivity index (χ1n) is 7.31. The summed E-state index contributed by atoms with van der Waals surface area (Å²) in [6.45, 7) is 8.47. The van der Waals surface area contributed by atoms with E-state index in [0.717, 1.165) is 12.8 Å². The Morgan fingerprint density at radius 1 is 1.24 bits per heavy atom. The van der Waals surface area contributed by atoms with Gasteiger partial charge in [-0.05, 0) is 44.9 Å². The summed E-state index contributed by atoms with van der Waals surface area (Å²) in [5, 5.41) is 0. The average Bonchev–Trinajstić information content (AvgIpc) is 2.47. The van der Waals surface area contributed by atoms with Crippen LogP contribution >= 0.6 is 0 Å². The van der Waals surface area contributed by atoms with Gasteiger partial charge in [0.2, 0.25) is 10.0 Å². The van der Waals surface area contributed by atoms with Crippen LogP contribution in [0.25, 0.3) is 0 Å². The van der Waals surface area contributed by atoms with Crippen molar-refractivity contribution in [1.82, 2.24) is 4.72 Å². The van der Waals surface area contributed by atoms with Gasteiger partial charge in [0.25, 0.3) is 0 Å². The fraction of sp³-hybridized carbons (Fsp3) is 0.600. The summed E-state index contributed by atoms with van der Waals surface area (Å²) in [6, 6.07) is 4.80. The third-order valence-corrected chi connectivity index (χ3v) is 5.44. The molecule has 0 heterocycles. The predicted octanol–water partition coefficient (Wildman–Crippen LogP) is 2.40. The maximum Gasteiger partial charge on any atom is 0.241 e. The van der Waals surface area contributed by atoms with Gasteiger partial charge in [0, 0.05) is 17.6 Å². The van der Waals surface area contributed by atoms with E-state index in [0.29, 0.717) is 17.9 Å². The smallest absolute Gasteiger partial charge is 0.241 e. The van der Waals surface area contributed by atoms with Crippen LogP contribution in [0.2, 0.25) is 0 Å². The molecule has 0 aliphatic rings. The maximum atomic E-state index is 12.5. The molecule has 0 unspecified atom stereocenters. The molecule has 0 bridgehead atoms. The summed E-state index contributed by atoms with van der Waals surface area (Å²) in [5.74, 6) is 0.632. The van der Waals surface area contributed by atoms with E-state index in [2.05, 4.69) is 4.72 Å². The van der Waals surface area contributed by atoms with Gasteiger partial charge in [0.05, 0.1) is 11.5 Å². The normalized spacial score (nSPS) is 12.4. The van der Waals surface area contributed by atoms with Crippen molar-refractivity contribution in [2.75, 3.05) is 6.61 Å². The van der Waals surface area contributed by atoms with E-state index in [1.807, 2.05) is 27.7 Å². The van der Waals surface area contributed by atoms with E-state index < -0.39 is 15.6 Å². The second kappa shape index (κ2) is 7.24. The second-order valence-corrected chi connectivity index (χ2v) is 6.96. The molecule has 0 aliphatic carbocycles. The Hall–Kier alpha value is -1.11. The number of hydrogen-bond donors (Lipinski definition) is 2. The molecule has 0 aromatic heterocycles. The molecule has 3 N–H and O–H groups in total. The van der Waals surface area contributed by atoms with Gasteiger partial charge in [-0.3, -0.25) is 0 Å². The molecule has 1 aromatic carbocycles. The number of benzene rings is 1. The van der Waals surface area contributed by atoms with Crippen LogP contribution in [0.3, 0.4) is 0 Å². The minimum atomic E-state index is -3.57. The van der Waals surface area contributed by atoms with Crippen LogP contribution in [0.1, 0.15) is 46.1 Å². The van der Waals surface area contributed by atoms with E-state index in [-0.39, 0.29) is 11.4 Å². The summed E-state index contributed by atoms with van der Waals surface area (Å²) in [4.78, 5) is 0.222. The number of rotatable bonds is 8. The molecule has 1 rings (SSSR count). The highest BCUT2D eigenvalue weighted by Gasteiger charge is 2.27. The topological polar surface area (TPSA) is 81.4 Å². The molecule has 21 heavy (non-hydrogen) atoms. The zero-order chi connectivity index (χ0) is 16.1. The molecule has 0 aliphatic heterocycles. The van der Waals surface area contributed by atoms with E-state index in [9.17, 15) is 8.42 Å². The Balaban J connectivity index is 3.14. The summed E-state index contributed by atoms with van der Waals surface area (Å²) in [7, 11) is -3.57. The van der Waals surface area contributed by atoms with Gasteiger partial charge < -0.3 is 10.5 Å². The molecular formula is C15H26N2O3S. The van der Waals surface area contributed by atoms with Crippen LogP contribution in [0, 0.1) is 0 Å². The van der Waals surface area contributed by atoms with Crippen molar-refractivity contribution in [2.45, 2.75) is 57.5 Å². The Labute approximate surface area is 127 Å². The second-order valence-electron chi connectivity index (χ2n) is 5.28. The lowest BCUT2D eigenvalue weighted by Crippen LogP contribution is -2.44. The van der Waals surface area contributed by atoms with Crippen molar-refractivity contribution in [2.24, 2.45) is 5.73 Å². The van der Waals surface area contributed by atoms with Crippen molar-refractivity contribution >= 4 is 10.0 Å². The molecule has 0 saturated carbocycles. The Morgan fingerprint density at radius 3 is 2.33 bits per heavy atom. The molecule has 5 nitrogen and oxygen atoms in total. The lowest BCUT2D eigenvalue weighted by Gasteiger charge is -2.28. The molecule has 0 saturated heterocycles. The zero-order valence-electron chi connectivity index (χ0n) is 13.3. The zero-order valence-corrected chi connectivity index (χ0v) is 14.1. The summed E-state index contributed by atoms with van der Waals surface area (Å²) >= 11 is 0. The van der Waals surface area contributed by atoms with Gasteiger partial charge in [0.15, 0.2) is 0 Å². The van der Waals surface area contributed by atoms with E-state index >= 15 is 0 Å². The van der Waals surface area contributed by atoms with Crippen molar-refractivity contribution in [3.63, 3.8) is 0 Å². The first-order valence-corrected chi connectivity index (χ1v) is 8.80. The van der Waals surface area contributed by atoms with Crippen LogP contribution < -0.4 is 15.2 Å². The van der Waals surface area contributed by atoms with Crippen LogP contribution in [-0.4, -0.2) is 20.6 Å². The monoisotopic (exact) mass is 314 g/mol. The molecule has 6 heteroatoms. The van der Waals surface area contributed by atoms with Crippen LogP contribution in [0.4, 0.5) is 0 Å². The minimum Gasteiger partial charge on any atom is -0.494 e. The van der Waals surface area contributed by atoms with Gasteiger partial charge in [-0.2, -0.15) is 0 Å². The first-order chi connectivity index (χ1) is 9.81. The van der Waals surface area contributed by atoms with Crippen molar-refractivity contribution < 1.29 is 13.2 Å². The number of sulfonamides is 1. The number of ether oxygens (including phenoxy) is 1. The fourth-order valence-corrected chi connectivity index (χ4v) is 3.56. The lowest BCUT2D eigenvalue weighted by atomic mass is 9.98. The third-order valence-electron chi connectivity index (χ3n) is 3.80. The minimum absolute atomic E-state index is 0.222. The van der Waals surface area contributed by atoms with Crippen LogP contribution in [-0.2, 0) is 16.6 Å². The fourth-order valence-electron chi connectivity index (χ4n) is 1.96. The Morgan fingerprint density at radius 2 is 1.86 bits per heavy atom. The molecule has 0 amide bonds. The average molecular weight is 314 g/mol. The molecule has 0 radical (unpaired) electrons. The predicted molar refractivity (Wildman–Crippen MR) is 84.8 cm³/mol. The SMILES string of the molecule is CCOc1ccc(S(=O)(=O)NC(C)(CC)CC)cc1CN. The Bertz CT molecular complexity index is 566. The van der Waals surface area contributed by atoms with Crippen molar-refractivity contribution in [1.29, 1.82) is 0 Å². The molecule has 1 aromatic rings. The largest absolute Gasteiger partial charge is 0.494 e. The van der Waals surface area contributed by atoms with Gasteiger partial charge in [-0.15, -0.1) is 0 Å². The van der Waals surface area contributed by atoms with E-state index in [1.165, 1.54) is 0 Å². The number of nitrogens with one attached hydrogen (secondary N) is 1. The molecular weight excluding hydrogens is 288 g/mol. The molecule has 0 atom stereocenters. The number of nitrogens with two attached hydrogens (primary N) is 1. The maximum absolute atomic E-state index is 12.5. The van der Waals surface area contributed by atoms with E-state index in [1.54, 1.807) is 18.2 Å². The van der Waals surface area contributed by atoms with Crippen LogP contribution in [0.15, 0.2) is 23.1 Å².